The first-order valence-electron chi connectivity index (χ1n) is 3.75. The van der Waals surface area contributed by atoms with Crippen LogP contribution in [0.3, 0.4) is 0 Å². The van der Waals surface area contributed by atoms with E-state index in [1.165, 1.54) is 6.07 Å². The van der Waals surface area contributed by atoms with Crippen LogP contribution >= 0.6 is 11.6 Å². The molecule has 70 valence electrons. The van der Waals surface area contributed by atoms with Crippen LogP contribution in [0.1, 0.15) is 15.9 Å². The minimum Gasteiger partial charge on any atom is -0.324 e. The number of carbonyl (C=O) groups excluding carboxylic acids is 1. The molecule has 0 aliphatic heterocycles. The molecule has 0 saturated heterocycles. The van der Waals surface area contributed by atoms with E-state index in [0.29, 0.717) is 10.6 Å². The van der Waals surface area contributed by atoms with Crippen molar-refractivity contribution >= 4 is 17.4 Å². The molecular formula is C9H9ClFNO. The fourth-order valence-corrected chi connectivity index (χ4v) is 1.13. The Bertz CT molecular complexity index is 352. The zero-order valence-corrected chi connectivity index (χ0v) is 7.86. The van der Waals surface area contributed by atoms with E-state index >= 15 is 0 Å². The van der Waals surface area contributed by atoms with E-state index in [0.717, 1.165) is 6.07 Å². The van der Waals surface area contributed by atoms with Crippen LogP contribution in [-0.2, 0) is 0 Å². The molecule has 0 aromatic heterocycles. The SMILES string of the molecule is Cc1cc(C(=O)CN)c(F)cc1Cl. The highest BCUT2D eigenvalue weighted by Gasteiger charge is 2.11. The summed E-state index contributed by atoms with van der Waals surface area (Å²) in [6.07, 6.45) is 0. The average Bonchev–Trinajstić information content (AvgIpc) is 2.10. The molecule has 0 fully saturated rings. The predicted molar refractivity (Wildman–Crippen MR) is 49.5 cm³/mol. The van der Waals surface area contributed by atoms with Gasteiger partial charge in [0.2, 0.25) is 0 Å². The van der Waals surface area contributed by atoms with Crippen LogP contribution in [-0.4, -0.2) is 12.3 Å². The van der Waals surface area contributed by atoms with Gasteiger partial charge in [-0.15, -0.1) is 0 Å². The van der Waals surface area contributed by atoms with E-state index in [2.05, 4.69) is 0 Å². The van der Waals surface area contributed by atoms with E-state index < -0.39 is 11.6 Å². The molecule has 0 aliphatic rings. The van der Waals surface area contributed by atoms with Crippen molar-refractivity contribution < 1.29 is 9.18 Å². The number of Topliss-reactive ketones (excluding diaryl/α,β-unsaturated/α-hetero) is 1. The van der Waals surface area contributed by atoms with Gasteiger partial charge in [0.15, 0.2) is 5.78 Å². The summed E-state index contributed by atoms with van der Waals surface area (Å²) in [6.45, 7) is 1.51. The molecule has 0 heterocycles. The van der Waals surface area contributed by atoms with Crippen molar-refractivity contribution in [1.29, 1.82) is 0 Å². The second kappa shape index (κ2) is 3.85. The summed E-state index contributed by atoms with van der Waals surface area (Å²) in [5.74, 6) is -1.04. The number of hydrogen-bond acceptors (Lipinski definition) is 2. The van der Waals surface area contributed by atoms with E-state index in [9.17, 15) is 9.18 Å². The fraction of sp³-hybridized carbons (Fsp3) is 0.222. The van der Waals surface area contributed by atoms with Gasteiger partial charge in [0, 0.05) is 5.02 Å². The van der Waals surface area contributed by atoms with Crippen LogP contribution in [0.15, 0.2) is 12.1 Å². The first-order chi connectivity index (χ1) is 6.06. The lowest BCUT2D eigenvalue weighted by Gasteiger charge is -2.03. The molecule has 0 saturated carbocycles. The van der Waals surface area contributed by atoms with Crippen LogP contribution in [0.2, 0.25) is 5.02 Å². The largest absolute Gasteiger partial charge is 0.324 e. The Balaban J connectivity index is 3.23. The Labute approximate surface area is 80.5 Å². The minimum absolute atomic E-state index is 0.00407. The highest BCUT2D eigenvalue weighted by atomic mass is 35.5. The highest BCUT2D eigenvalue weighted by molar-refractivity contribution is 6.31. The molecule has 0 amide bonds. The number of carbonyl (C=O) groups is 1. The monoisotopic (exact) mass is 201 g/mol. The lowest BCUT2D eigenvalue weighted by atomic mass is 10.1. The number of nitrogens with two attached hydrogens (primary N) is 1. The number of halogens is 2. The first-order valence-corrected chi connectivity index (χ1v) is 4.13. The third kappa shape index (κ3) is 2.05. The van der Waals surface area contributed by atoms with Crippen molar-refractivity contribution in [3.63, 3.8) is 0 Å². The van der Waals surface area contributed by atoms with E-state index in [-0.39, 0.29) is 12.1 Å². The van der Waals surface area contributed by atoms with Crippen molar-refractivity contribution in [2.45, 2.75) is 6.92 Å². The normalized spacial score (nSPS) is 10.2. The molecule has 1 rings (SSSR count). The maximum Gasteiger partial charge on any atom is 0.179 e. The average molecular weight is 202 g/mol. The number of aryl methyl sites for hydroxylation is 1. The van der Waals surface area contributed by atoms with Crippen molar-refractivity contribution in [2.75, 3.05) is 6.54 Å². The van der Waals surface area contributed by atoms with Crippen LogP contribution in [0, 0.1) is 12.7 Å². The second-order valence-electron chi connectivity index (χ2n) is 2.71. The van der Waals surface area contributed by atoms with Gasteiger partial charge < -0.3 is 5.73 Å². The summed E-state index contributed by atoms with van der Waals surface area (Å²) in [4.78, 5) is 11.1. The van der Waals surface area contributed by atoms with E-state index in [1.807, 2.05) is 0 Å². The van der Waals surface area contributed by atoms with Gasteiger partial charge in [0.05, 0.1) is 12.1 Å². The van der Waals surface area contributed by atoms with Crippen LogP contribution in [0.4, 0.5) is 4.39 Å². The molecular weight excluding hydrogens is 193 g/mol. The van der Waals surface area contributed by atoms with Gasteiger partial charge in [-0.2, -0.15) is 0 Å². The van der Waals surface area contributed by atoms with Gasteiger partial charge in [-0.3, -0.25) is 4.79 Å². The number of benzene rings is 1. The Morgan fingerprint density at radius 1 is 1.62 bits per heavy atom. The molecule has 2 nitrogen and oxygen atoms in total. The molecule has 0 unspecified atom stereocenters. The van der Waals surface area contributed by atoms with Gasteiger partial charge in [-0.25, -0.2) is 4.39 Å². The zero-order chi connectivity index (χ0) is 10.0. The Kier molecular flexibility index (Phi) is 3.01. The lowest BCUT2D eigenvalue weighted by molar-refractivity contribution is 0.0997. The van der Waals surface area contributed by atoms with Crippen molar-refractivity contribution in [3.8, 4) is 0 Å². The summed E-state index contributed by atoms with van der Waals surface area (Å²) in [5.41, 5.74) is 5.78. The van der Waals surface area contributed by atoms with Gasteiger partial charge in [-0.1, -0.05) is 11.6 Å². The molecule has 1 aromatic rings. The van der Waals surface area contributed by atoms with Gasteiger partial charge in [0.1, 0.15) is 5.82 Å². The smallest absolute Gasteiger partial charge is 0.179 e. The molecule has 1 aromatic carbocycles. The summed E-state index contributed by atoms with van der Waals surface area (Å²) in [5, 5.41) is 0.311. The summed E-state index contributed by atoms with van der Waals surface area (Å²) >= 11 is 5.65. The molecule has 2 N–H and O–H groups in total. The maximum absolute atomic E-state index is 13.1. The lowest BCUT2D eigenvalue weighted by Crippen LogP contribution is -2.15. The molecule has 0 aliphatic carbocycles. The molecule has 4 heteroatoms. The number of hydrogen-bond donors (Lipinski definition) is 1. The quantitative estimate of drug-likeness (QED) is 0.743. The molecule has 0 atom stereocenters. The standard InChI is InChI=1S/C9H9ClFNO/c1-5-2-6(9(13)4-12)8(11)3-7(5)10/h2-3H,4,12H2,1H3. The Morgan fingerprint density at radius 2 is 2.23 bits per heavy atom. The van der Waals surface area contributed by atoms with Gasteiger partial charge in [0.25, 0.3) is 0 Å². The molecule has 0 spiro atoms. The van der Waals surface area contributed by atoms with Crippen LogP contribution < -0.4 is 5.73 Å². The summed E-state index contributed by atoms with van der Waals surface area (Å²) < 4.78 is 13.1. The van der Waals surface area contributed by atoms with Crippen LogP contribution in [0.5, 0.6) is 0 Å². The van der Waals surface area contributed by atoms with Gasteiger partial charge >= 0.3 is 0 Å². The minimum atomic E-state index is -0.619. The van der Waals surface area contributed by atoms with E-state index in [4.69, 9.17) is 17.3 Å². The molecule has 0 radical (unpaired) electrons. The molecule has 13 heavy (non-hydrogen) atoms. The molecule has 0 bridgehead atoms. The van der Waals surface area contributed by atoms with Crippen molar-refractivity contribution in [1.82, 2.24) is 0 Å². The Morgan fingerprint density at radius 3 is 2.77 bits per heavy atom. The second-order valence-corrected chi connectivity index (χ2v) is 3.12. The third-order valence-electron chi connectivity index (χ3n) is 1.73. The summed E-state index contributed by atoms with van der Waals surface area (Å²) in [7, 11) is 0. The topological polar surface area (TPSA) is 43.1 Å². The van der Waals surface area contributed by atoms with E-state index in [1.54, 1.807) is 6.92 Å². The number of ketones is 1. The predicted octanol–water partition coefficient (Wildman–Crippen LogP) is 1.93. The Hall–Kier alpha value is -0.930. The maximum atomic E-state index is 13.1. The van der Waals surface area contributed by atoms with Crippen LogP contribution in [0.25, 0.3) is 0 Å². The van der Waals surface area contributed by atoms with Crippen molar-refractivity contribution in [3.05, 3.63) is 34.1 Å². The third-order valence-corrected chi connectivity index (χ3v) is 2.14. The van der Waals surface area contributed by atoms with Crippen molar-refractivity contribution in [2.24, 2.45) is 5.73 Å². The summed E-state index contributed by atoms with van der Waals surface area (Å²) in [6, 6.07) is 2.53. The highest BCUT2D eigenvalue weighted by Crippen LogP contribution is 2.19. The zero-order valence-electron chi connectivity index (χ0n) is 7.10. The van der Waals surface area contributed by atoms with Gasteiger partial charge in [-0.05, 0) is 24.6 Å². The first kappa shape index (κ1) is 10.2. The number of rotatable bonds is 2. The fourth-order valence-electron chi connectivity index (χ4n) is 0.981.